The van der Waals surface area contributed by atoms with E-state index in [9.17, 15) is 0 Å². The SMILES string of the molecule is C[C@@H](N)c1cncn1CCCN1CCOCC1. The van der Waals surface area contributed by atoms with Crippen molar-refractivity contribution in [2.45, 2.75) is 25.9 Å². The van der Waals surface area contributed by atoms with Crippen LogP contribution in [0.5, 0.6) is 0 Å². The minimum absolute atomic E-state index is 0.0564. The van der Waals surface area contributed by atoms with Gasteiger partial charge in [-0.3, -0.25) is 4.90 Å². The summed E-state index contributed by atoms with van der Waals surface area (Å²) in [5.74, 6) is 0. The van der Waals surface area contributed by atoms with Gasteiger partial charge < -0.3 is 15.0 Å². The van der Waals surface area contributed by atoms with E-state index in [2.05, 4.69) is 14.5 Å². The lowest BCUT2D eigenvalue weighted by atomic mass is 10.2. The molecular weight excluding hydrogens is 216 g/mol. The van der Waals surface area contributed by atoms with E-state index >= 15 is 0 Å². The van der Waals surface area contributed by atoms with Gasteiger partial charge in [-0.2, -0.15) is 0 Å². The Morgan fingerprint density at radius 2 is 2.18 bits per heavy atom. The van der Waals surface area contributed by atoms with Gasteiger partial charge in [0.05, 0.1) is 25.2 Å². The number of morpholine rings is 1. The van der Waals surface area contributed by atoms with E-state index < -0.39 is 0 Å². The molecule has 1 fully saturated rings. The monoisotopic (exact) mass is 238 g/mol. The molecule has 1 atom stereocenters. The van der Waals surface area contributed by atoms with Crippen molar-refractivity contribution in [2.75, 3.05) is 32.8 Å². The highest BCUT2D eigenvalue weighted by molar-refractivity contribution is 5.02. The molecule has 2 rings (SSSR count). The van der Waals surface area contributed by atoms with Gasteiger partial charge >= 0.3 is 0 Å². The molecule has 5 heteroatoms. The van der Waals surface area contributed by atoms with Crippen molar-refractivity contribution in [3.8, 4) is 0 Å². The maximum absolute atomic E-state index is 5.89. The molecule has 17 heavy (non-hydrogen) atoms. The van der Waals surface area contributed by atoms with Crippen molar-refractivity contribution in [3.05, 3.63) is 18.2 Å². The van der Waals surface area contributed by atoms with Crippen molar-refractivity contribution in [1.29, 1.82) is 0 Å². The number of nitrogens with two attached hydrogens (primary N) is 1. The van der Waals surface area contributed by atoms with E-state index in [-0.39, 0.29) is 6.04 Å². The van der Waals surface area contributed by atoms with Gasteiger partial charge in [-0.05, 0) is 13.3 Å². The van der Waals surface area contributed by atoms with Crippen molar-refractivity contribution >= 4 is 0 Å². The Balaban J connectivity index is 1.75. The molecule has 0 unspecified atom stereocenters. The Hall–Kier alpha value is -0.910. The molecule has 1 aromatic heterocycles. The summed E-state index contributed by atoms with van der Waals surface area (Å²) in [4.78, 5) is 6.61. The van der Waals surface area contributed by atoms with Crippen LogP contribution in [0.4, 0.5) is 0 Å². The van der Waals surface area contributed by atoms with Crippen LogP contribution in [-0.2, 0) is 11.3 Å². The number of aromatic nitrogens is 2. The van der Waals surface area contributed by atoms with E-state index in [0.717, 1.165) is 51.5 Å². The van der Waals surface area contributed by atoms with Crippen LogP contribution in [-0.4, -0.2) is 47.3 Å². The topological polar surface area (TPSA) is 56.3 Å². The van der Waals surface area contributed by atoms with Crippen molar-refractivity contribution in [2.24, 2.45) is 5.73 Å². The highest BCUT2D eigenvalue weighted by Gasteiger charge is 2.10. The van der Waals surface area contributed by atoms with Crippen LogP contribution in [0.25, 0.3) is 0 Å². The van der Waals surface area contributed by atoms with Gasteiger partial charge in [-0.25, -0.2) is 4.98 Å². The van der Waals surface area contributed by atoms with E-state index in [4.69, 9.17) is 10.5 Å². The summed E-state index contributed by atoms with van der Waals surface area (Å²) in [5, 5.41) is 0. The van der Waals surface area contributed by atoms with Crippen LogP contribution >= 0.6 is 0 Å². The van der Waals surface area contributed by atoms with E-state index in [0.29, 0.717) is 0 Å². The average Bonchev–Trinajstić information content (AvgIpc) is 2.79. The Kier molecular flexibility index (Phi) is 4.53. The van der Waals surface area contributed by atoms with Crippen LogP contribution in [0.15, 0.2) is 12.5 Å². The van der Waals surface area contributed by atoms with Gasteiger partial charge in [0.2, 0.25) is 0 Å². The zero-order valence-corrected chi connectivity index (χ0v) is 10.5. The van der Waals surface area contributed by atoms with Crippen LogP contribution in [0.1, 0.15) is 25.1 Å². The minimum atomic E-state index is 0.0564. The Labute approximate surface area is 103 Å². The number of aryl methyl sites for hydroxylation is 1. The summed E-state index contributed by atoms with van der Waals surface area (Å²) < 4.78 is 7.49. The lowest BCUT2D eigenvalue weighted by Gasteiger charge is -2.26. The Bertz CT molecular complexity index is 331. The second kappa shape index (κ2) is 6.14. The minimum Gasteiger partial charge on any atom is -0.379 e. The number of nitrogens with zero attached hydrogens (tertiary/aromatic N) is 3. The Morgan fingerprint density at radius 3 is 2.88 bits per heavy atom. The molecule has 0 radical (unpaired) electrons. The molecule has 0 spiro atoms. The smallest absolute Gasteiger partial charge is 0.0948 e. The molecule has 5 nitrogen and oxygen atoms in total. The van der Waals surface area contributed by atoms with Crippen molar-refractivity contribution < 1.29 is 4.74 Å². The first-order chi connectivity index (χ1) is 8.27. The van der Waals surface area contributed by atoms with Gasteiger partial charge in [0.15, 0.2) is 0 Å². The summed E-state index contributed by atoms with van der Waals surface area (Å²) in [5.41, 5.74) is 7.00. The zero-order valence-electron chi connectivity index (χ0n) is 10.5. The first kappa shape index (κ1) is 12.5. The van der Waals surface area contributed by atoms with Crippen LogP contribution in [0, 0.1) is 0 Å². The van der Waals surface area contributed by atoms with Gasteiger partial charge in [0.25, 0.3) is 0 Å². The molecule has 96 valence electrons. The first-order valence-corrected chi connectivity index (χ1v) is 6.33. The number of imidazole rings is 1. The van der Waals surface area contributed by atoms with Gasteiger partial charge in [-0.1, -0.05) is 0 Å². The average molecular weight is 238 g/mol. The van der Waals surface area contributed by atoms with Crippen LogP contribution < -0.4 is 5.73 Å². The van der Waals surface area contributed by atoms with Gasteiger partial charge in [0.1, 0.15) is 0 Å². The van der Waals surface area contributed by atoms with Gasteiger partial charge in [-0.15, -0.1) is 0 Å². The molecule has 0 saturated carbocycles. The van der Waals surface area contributed by atoms with Crippen LogP contribution in [0.3, 0.4) is 0 Å². The normalized spacial score (nSPS) is 19.4. The van der Waals surface area contributed by atoms with E-state index in [1.165, 1.54) is 0 Å². The fourth-order valence-electron chi connectivity index (χ4n) is 2.19. The molecule has 0 aromatic carbocycles. The summed E-state index contributed by atoms with van der Waals surface area (Å²) in [6, 6.07) is 0.0564. The molecule has 1 aromatic rings. The van der Waals surface area contributed by atoms with Crippen LogP contribution in [0.2, 0.25) is 0 Å². The third-order valence-electron chi connectivity index (χ3n) is 3.19. The number of hydrogen-bond acceptors (Lipinski definition) is 4. The molecule has 1 aliphatic rings. The molecular formula is C12H22N4O. The fourth-order valence-corrected chi connectivity index (χ4v) is 2.19. The molecule has 0 amide bonds. The Morgan fingerprint density at radius 1 is 1.41 bits per heavy atom. The molecule has 1 aliphatic heterocycles. The highest BCUT2D eigenvalue weighted by Crippen LogP contribution is 2.09. The molecule has 2 heterocycles. The van der Waals surface area contributed by atoms with Gasteiger partial charge in [0, 0.05) is 38.4 Å². The third-order valence-corrected chi connectivity index (χ3v) is 3.19. The summed E-state index contributed by atoms with van der Waals surface area (Å²) in [7, 11) is 0. The lowest BCUT2D eigenvalue weighted by Crippen LogP contribution is -2.37. The molecule has 0 bridgehead atoms. The molecule has 1 saturated heterocycles. The quantitative estimate of drug-likeness (QED) is 0.817. The largest absolute Gasteiger partial charge is 0.379 e. The predicted molar refractivity (Wildman–Crippen MR) is 66.7 cm³/mol. The predicted octanol–water partition coefficient (Wildman–Crippen LogP) is 0.625. The number of ether oxygens (including phenoxy) is 1. The first-order valence-electron chi connectivity index (χ1n) is 6.33. The second-order valence-corrected chi connectivity index (χ2v) is 4.61. The fraction of sp³-hybridized carbons (Fsp3) is 0.750. The highest BCUT2D eigenvalue weighted by atomic mass is 16.5. The third kappa shape index (κ3) is 3.52. The maximum atomic E-state index is 5.89. The lowest BCUT2D eigenvalue weighted by molar-refractivity contribution is 0.0369. The van der Waals surface area contributed by atoms with E-state index in [1.54, 1.807) is 0 Å². The second-order valence-electron chi connectivity index (χ2n) is 4.61. The summed E-state index contributed by atoms with van der Waals surface area (Å²) in [6.07, 6.45) is 4.87. The number of rotatable bonds is 5. The van der Waals surface area contributed by atoms with Crippen molar-refractivity contribution in [1.82, 2.24) is 14.5 Å². The number of hydrogen-bond donors (Lipinski definition) is 1. The van der Waals surface area contributed by atoms with E-state index in [1.807, 2.05) is 19.4 Å². The summed E-state index contributed by atoms with van der Waals surface area (Å²) in [6.45, 7) is 7.98. The standard InChI is InChI=1S/C12H22N4O/c1-11(13)12-9-14-10-16(12)4-2-3-15-5-7-17-8-6-15/h9-11H,2-8,13H2,1H3/t11-/m1/s1. The van der Waals surface area contributed by atoms with Crippen molar-refractivity contribution in [3.63, 3.8) is 0 Å². The molecule has 0 aliphatic carbocycles. The molecule has 2 N–H and O–H groups in total. The maximum Gasteiger partial charge on any atom is 0.0948 e. The zero-order chi connectivity index (χ0) is 12.1. The summed E-state index contributed by atoms with van der Waals surface area (Å²) >= 11 is 0.